The number of aliphatic hydroxyl groups is 1. The fourth-order valence-corrected chi connectivity index (χ4v) is 6.42. The third-order valence-corrected chi connectivity index (χ3v) is 8.90. The van der Waals surface area contributed by atoms with E-state index in [1.165, 1.54) is 27.8 Å². The molecule has 0 aromatic heterocycles. The third-order valence-electron chi connectivity index (χ3n) is 8.53. The molecule has 7 rings (SSSR count). The van der Waals surface area contributed by atoms with Crippen LogP contribution in [0.2, 0.25) is 0 Å². The quantitative estimate of drug-likeness (QED) is 0.0700. The van der Waals surface area contributed by atoms with Crippen molar-refractivity contribution < 1.29 is 19.7 Å². The van der Waals surface area contributed by atoms with Crippen molar-refractivity contribution >= 4 is 45.5 Å². The smallest absolute Gasteiger partial charge is 0.119 e. The predicted molar refractivity (Wildman–Crippen MR) is 226 cm³/mol. The standard InChI is InChI=1S/C24H23ClO2.C22H19ClO.C2H4O/c25-16-15-23(19-7-3-1-4-8-19)24(20-9-5-2-6-10-20)21-11-13-22(14-12-21)27-18-17-26;23-16-15-21(17-7-3-1-4-8-17)22(18-9-5-2-6-10-18)19-11-13-20(24)14-12-19;1-2-3-1/h1-14,26H,15-18H2;1-14,24H,15-16H2;1-2H2/b24-23-;22-21-;. The lowest BCUT2D eigenvalue weighted by atomic mass is 9.88. The van der Waals surface area contributed by atoms with Gasteiger partial charge >= 0.3 is 0 Å². The molecule has 0 atom stereocenters. The molecule has 0 radical (unpaired) electrons. The molecule has 1 aliphatic rings. The largest absolute Gasteiger partial charge is 0.508 e. The third kappa shape index (κ3) is 12.2. The summed E-state index contributed by atoms with van der Waals surface area (Å²) in [5.41, 5.74) is 11.6. The van der Waals surface area contributed by atoms with Crippen LogP contribution in [-0.2, 0) is 4.74 Å². The normalized spacial score (nSPS) is 12.5. The van der Waals surface area contributed by atoms with E-state index in [0.717, 1.165) is 59.6 Å². The van der Waals surface area contributed by atoms with Crippen LogP contribution < -0.4 is 4.74 Å². The average molecular weight is 758 g/mol. The summed E-state index contributed by atoms with van der Waals surface area (Å²) in [6.07, 6.45) is 1.55. The Labute approximate surface area is 329 Å². The first kappa shape index (κ1) is 40.1. The van der Waals surface area contributed by atoms with Gasteiger partial charge in [0.05, 0.1) is 19.8 Å². The molecule has 1 fully saturated rings. The van der Waals surface area contributed by atoms with Gasteiger partial charge in [-0.2, -0.15) is 0 Å². The van der Waals surface area contributed by atoms with Crippen LogP contribution in [0.4, 0.5) is 0 Å². The molecule has 4 nitrogen and oxygen atoms in total. The highest BCUT2D eigenvalue weighted by Crippen LogP contribution is 2.36. The van der Waals surface area contributed by atoms with Crippen molar-refractivity contribution in [2.75, 3.05) is 38.2 Å². The van der Waals surface area contributed by atoms with Crippen LogP contribution in [0.5, 0.6) is 11.5 Å². The summed E-state index contributed by atoms with van der Waals surface area (Å²) in [6, 6.07) is 56.8. The molecule has 0 bridgehead atoms. The summed E-state index contributed by atoms with van der Waals surface area (Å²) in [7, 11) is 0. The highest BCUT2D eigenvalue weighted by molar-refractivity contribution is 6.19. The summed E-state index contributed by atoms with van der Waals surface area (Å²) >= 11 is 12.3. The van der Waals surface area contributed by atoms with E-state index in [-0.39, 0.29) is 12.4 Å². The Hall–Kier alpha value is -5.10. The van der Waals surface area contributed by atoms with E-state index in [9.17, 15) is 5.11 Å². The molecule has 0 amide bonds. The molecule has 1 aliphatic heterocycles. The minimum absolute atomic E-state index is 0.00476. The molecule has 0 saturated carbocycles. The Morgan fingerprint density at radius 3 is 1.15 bits per heavy atom. The van der Waals surface area contributed by atoms with Gasteiger partial charge in [-0.15, -0.1) is 23.2 Å². The fourth-order valence-electron chi connectivity index (χ4n) is 6.04. The predicted octanol–water partition coefficient (Wildman–Crippen LogP) is 11.6. The number of aromatic hydroxyl groups is 1. The average Bonchev–Trinajstić information content (AvgIpc) is 4.13. The van der Waals surface area contributed by atoms with Gasteiger partial charge < -0.3 is 19.7 Å². The van der Waals surface area contributed by atoms with Crippen LogP contribution in [0.3, 0.4) is 0 Å². The Morgan fingerprint density at radius 2 is 0.815 bits per heavy atom. The Bertz CT molecular complexity index is 2010. The van der Waals surface area contributed by atoms with E-state index in [1.807, 2.05) is 72.8 Å². The van der Waals surface area contributed by atoms with E-state index in [1.54, 1.807) is 12.1 Å². The molecule has 2 N–H and O–H groups in total. The topological polar surface area (TPSA) is 62.2 Å². The number of halogens is 2. The lowest BCUT2D eigenvalue weighted by Gasteiger charge is -2.17. The molecular formula is C48H46Cl2O4. The van der Waals surface area contributed by atoms with E-state index < -0.39 is 0 Å². The van der Waals surface area contributed by atoms with Crippen LogP contribution in [0.1, 0.15) is 46.2 Å². The molecule has 6 heteroatoms. The highest BCUT2D eigenvalue weighted by Gasteiger charge is 2.15. The van der Waals surface area contributed by atoms with Crippen molar-refractivity contribution in [2.24, 2.45) is 0 Å². The molecule has 1 heterocycles. The van der Waals surface area contributed by atoms with Crippen LogP contribution in [0, 0.1) is 0 Å². The van der Waals surface area contributed by atoms with Gasteiger partial charge in [0.25, 0.3) is 0 Å². The Kier molecular flexibility index (Phi) is 16.5. The summed E-state index contributed by atoms with van der Waals surface area (Å²) in [6.45, 7) is 2.30. The SMILES string of the molecule is C1CO1.OCCOc1ccc(/C(=C(/CCCl)c2ccccc2)c2ccccc2)cc1.Oc1ccc(/C(=C(/CCCl)c2ccccc2)c2ccccc2)cc1. The molecule has 0 unspecified atom stereocenters. The number of rotatable bonds is 13. The number of ether oxygens (including phenoxy) is 2. The number of allylic oxidation sites excluding steroid dienone is 2. The zero-order valence-corrected chi connectivity index (χ0v) is 31.8. The Balaban J connectivity index is 0.000000193. The molecule has 1 saturated heterocycles. The van der Waals surface area contributed by atoms with E-state index in [4.69, 9.17) is 33.0 Å². The van der Waals surface area contributed by atoms with Crippen molar-refractivity contribution in [3.63, 3.8) is 0 Å². The number of aliphatic hydroxyl groups excluding tert-OH is 1. The van der Waals surface area contributed by atoms with Gasteiger partial charge in [-0.25, -0.2) is 0 Å². The van der Waals surface area contributed by atoms with Gasteiger partial charge in [-0.05, 0) is 92.8 Å². The summed E-state index contributed by atoms with van der Waals surface area (Å²) in [5, 5.41) is 18.6. The van der Waals surface area contributed by atoms with E-state index in [0.29, 0.717) is 18.4 Å². The number of epoxide rings is 1. The summed E-state index contributed by atoms with van der Waals surface area (Å²) < 4.78 is 10.0. The van der Waals surface area contributed by atoms with Crippen molar-refractivity contribution in [2.45, 2.75) is 12.8 Å². The lowest BCUT2D eigenvalue weighted by Crippen LogP contribution is -2.01. The number of alkyl halides is 2. The van der Waals surface area contributed by atoms with Crippen molar-refractivity contribution in [3.05, 3.63) is 203 Å². The molecule has 54 heavy (non-hydrogen) atoms. The maximum atomic E-state index is 9.63. The Morgan fingerprint density at radius 1 is 0.481 bits per heavy atom. The summed E-state index contributed by atoms with van der Waals surface area (Å²) in [5.74, 6) is 2.13. The van der Waals surface area contributed by atoms with Crippen LogP contribution in [0.25, 0.3) is 22.3 Å². The highest BCUT2D eigenvalue weighted by atomic mass is 35.5. The van der Waals surface area contributed by atoms with Gasteiger partial charge in [0.15, 0.2) is 0 Å². The number of hydrogen-bond acceptors (Lipinski definition) is 4. The first-order valence-corrected chi connectivity index (χ1v) is 19.2. The zero-order valence-electron chi connectivity index (χ0n) is 30.3. The van der Waals surface area contributed by atoms with Crippen LogP contribution in [0.15, 0.2) is 170 Å². The molecule has 6 aromatic rings. The van der Waals surface area contributed by atoms with Gasteiger partial charge in [-0.3, -0.25) is 0 Å². The van der Waals surface area contributed by atoms with Crippen molar-refractivity contribution in [3.8, 4) is 11.5 Å². The first-order valence-electron chi connectivity index (χ1n) is 18.1. The number of benzene rings is 6. The fraction of sp³-hybridized carbons (Fsp3) is 0.167. The monoisotopic (exact) mass is 756 g/mol. The van der Waals surface area contributed by atoms with Crippen molar-refractivity contribution in [1.82, 2.24) is 0 Å². The van der Waals surface area contributed by atoms with E-state index in [2.05, 4.69) is 89.7 Å². The lowest BCUT2D eigenvalue weighted by molar-refractivity contribution is 0.201. The van der Waals surface area contributed by atoms with Crippen LogP contribution in [-0.4, -0.2) is 48.4 Å². The van der Waals surface area contributed by atoms with Gasteiger partial charge in [0.2, 0.25) is 0 Å². The number of phenols is 1. The zero-order chi connectivity index (χ0) is 37.8. The van der Waals surface area contributed by atoms with Gasteiger partial charge in [0.1, 0.15) is 18.1 Å². The second kappa shape index (κ2) is 22.2. The molecule has 276 valence electrons. The minimum Gasteiger partial charge on any atom is -0.508 e. The number of phenolic OH excluding ortho intramolecular Hbond substituents is 1. The minimum atomic E-state index is 0.00476. The summed E-state index contributed by atoms with van der Waals surface area (Å²) in [4.78, 5) is 0. The van der Waals surface area contributed by atoms with Gasteiger partial charge in [-0.1, -0.05) is 146 Å². The molecular weight excluding hydrogens is 711 g/mol. The molecule has 6 aromatic carbocycles. The number of hydrogen-bond donors (Lipinski definition) is 2. The maximum Gasteiger partial charge on any atom is 0.119 e. The first-order chi connectivity index (χ1) is 26.6. The van der Waals surface area contributed by atoms with Crippen molar-refractivity contribution in [1.29, 1.82) is 0 Å². The van der Waals surface area contributed by atoms with Gasteiger partial charge in [0, 0.05) is 11.8 Å². The van der Waals surface area contributed by atoms with E-state index >= 15 is 0 Å². The molecule has 0 aliphatic carbocycles. The maximum absolute atomic E-state index is 9.63. The second-order valence-electron chi connectivity index (χ2n) is 12.3. The van der Waals surface area contributed by atoms with Crippen LogP contribution >= 0.6 is 23.2 Å². The molecule has 0 spiro atoms. The second-order valence-corrected chi connectivity index (χ2v) is 13.1.